The predicted octanol–water partition coefficient (Wildman–Crippen LogP) is 3.94. The fourth-order valence-corrected chi connectivity index (χ4v) is 3.07. The molecular formula is C11H13BrN2S. The molecule has 0 radical (unpaired) electrons. The van der Waals surface area contributed by atoms with Crippen molar-refractivity contribution in [1.29, 1.82) is 0 Å². The van der Waals surface area contributed by atoms with E-state index in [0.717, 1.165) is 25.4 Å². The van der Waals surface area contributed by atoms with Gasteiger partial charge in [-0.1, -0.05) is 36.7 Å². The maximum absolute atomic E-state index is 5.93. The molecule has 0 aliphatic rings. The van der Waals surface area contributed by atoms with Gasteiger partial charge in [0, 0.05) is 9.89 Å². The molecule has 2 rings (SSSR count). The number of aromatic nitrogens is 1. The molecule has 4 heteroatoms. The van der Waals surface area contributed by atoms with E-state index < -0.39 is 0 Å². The van der Waals surface area contributed by atoms with Crippen LogP contribution >= 0.6 is 27.3 Å². The Bertz CT molecular complexity index is 511. The fourth-order valence-electron chi connectivity index (χ4n) is 1.34. The zero-order chi connectivity index (χ0) is 11.2. The molecule has 1 aromatic heterocycles. The summed E-state index contributed by atoms with van der Waals surface area (Å²) in [6.07, 6.45) is 0. The first-order valence-corrected chi connectivity index (χ1v) is 6.35. The van der Waals surface area contributed by atoms with Crippen molar-refractivity contribution in [3.05, 3.63) is 21.6 Å². The van der Waals surface area contributed by atoms with Gasteiger partial charge in [0.15, 0.2) is 0 Å². The van der Waals surface area contributed by atoms with E-state index in [-0.39, 0.29) is 5.41 Å². The van der Waals surface area contributed by atoms with Crippen LogP contribution in [0.15, 0.2) is 16.6 Å². The number of fused-ring (bicyclic) bond motifs is 1. The molecule has 2 N–H and O–H groups in total. The Morgan fingerprint density at radius 3 is 2.60 bits per heavy atom. The minimum absolute atomic E-state index is 0.0859. The Balaban J connectivity index is 2.71. The summed E-state index contributed by atoms with van der Waals surface area (Å²) >= 11 is 5.15. The van der Waals surface area contributed by atoms with Gasteiger partial charge in [-0.15, -0.1) is 11.3 Å². The summed E-state index contributed by atoms with van der Waals surface area (Å²) in [6.45, 7) is 6.49. The summed E-state index contributed by atoms with van der Waals surface area (Å²) in [4.78, 5) is 4.60. The molecule has 0 saturated carbocycles. The lowest BCUT2D eigenvalue weighted by Crippen LogP contribution is -2.09. The van der Waals surface area contributed by atoms with E-state index in [9.17, 15) is 0 Å². The number of rotatable bonds is 0. The van der Waals surface area contributed by atoms with Crippen LogP contribution in [-0.4, -0.2) is 4.98 Å². The van der Waals surface area contributed by atoms with Crippen molar-refractivity contribution in [2.75, 3.05) is 5.73 Å². The number of anilines is 1. The van der Waals surface area contributed by atoms with Gasteiger partial charge in [0.1, 0.15) is 5.52 Å². The highest BCUT2D eigenvalue weighted by Gasteiger charge is 2.19. The second-order valence-electron chi connectivity index (χ2n) is 4.61. The van der Waals surface area contributed by atoms with Crippen molar-refractivity contribution in [2.45, 2.75) is 26.2 Å². The topological polar surface area (TPSA) is 38.9 Å². The van der Waals surface area contributed by atoms with E-state index in [2.05, 4.69) is 47.8 Å². The SMILES string of the molecule is CC(C)(C)c1nc2c(N)cc(Br)cc2s1. The van der Waals surface area contributed by atoms with Crippen molar-refractivity contribution in [2.24, 2.45) is 0 Å². The van der Waals surface area contributed by atoms with Crippen LogP contribution in [0.1, 0.15) is 25.8 Å². The first-order chi connectivity index (χ1) is 6.88. The molecule has 0 unspecified atom stereocenters. The highest BCUT2D eigenvalue weighted by atomic mass is 79.9. The molecule has 0 amide bonds. The molecule has 0 aliphatic carbocycles. The first-order valence-electron chi connectivity index (χ1n) is 4.74. The standard InChI is InChI=1S/C11H13BrN2S/c1-11(2,3)10-14-9-7(13)4-6(12)5-8(9)15-10/h4-5H,13H2,1-3H3. The summed E-state index contributed by atoms with van der Waals surface area (Å²) in [5.41, 5.74) is 7.68. The van der Waals surface area contributed by atoms with Gasteiger partial charge in [-0.2, -0.15) is 0 Å². The zero-order valence-corrected chi connectivity index (χ0v) is 11.4. The molecule has 0 spiro atoms. The van der Waals surface area contributed by atoms with E-state index in [4.69, 9.17) is 5.73 Å². The van der Waals surface area contributed by atoms with E-state index in [1.807, 2.05) is 6.07 Å². The molecular weight excluding hydrogens is 272 g/mol. The van der Waals surface area contributed by atoms with Crippen molar-refractivity contribution < 1.29 is 0 Å². The van der Waals surface area contributed by atoms with E-state index in [1.165, 1.54) is 0 Å². The molecule has 1 aromatic carbocycles. The summed E-state index contributed by atoms with van der Waals surface area (Å²) in [6, 6.07) is 3.97. The average molecular weight is 285 g/mol. The van der Waals surface area contributed by atoms with Gasteiger partial charge in [0.25, 0.3) is 0 Å². The van der Waals surface area contributed by atoms with Crippen LogP contribution < -0.4 is 5.73 Å². The number of hydrogen-bond acceptors (Lipinski definition) is 3. The smallest absolute Gasteiger partial charge is 0.105 e. The van der Waals surface area contributed by atoms with Crippen molar-refractivity contribution in [3.63, 3.8) is 0 Å². The highest BCUT2D eigenvalue weighted by molar-refractivity contribution is 9.10. The number of nitrogens with zero attached hydrogens (tertiary/aromatic N) is 1. The maximum atomic E-state index is 5.93. The fraction of sp³-hybridized carbons (Fsp3) is 0.364. The van der Waals surface area contributed by atoms with Gasteiger partial charge in [-0.3, -0.25) is 0 Å². The minimum Gasteiger partial charge on any atom is -0.397 e. The van der Waals surface area contributed by atoms with Gasteiger partial charge in [-0.05, 0) is 12.1 Å². The van der Waals surface area contributed by atoms with Crippen LogP contribution in [0.5, 0.6) is 0 Å². The Morgan fingerprint density at radius 1 is 1.33 bits per heavy atom. The molecule has 0 saturated heterocycles. The summed E-state index contributed by atoms with van der Waals surface area (Å²) in [7, 11) is 0. The summed E-state index contributed by atoms with van der Waals surface area (Å²) in [5.74, 6) is 0. The normalized spacial score (nSPS) is 12.3. The Labute approximate surface area is 102 Å². The van der Waals surface area contributed by atoms with Crippen molar-refractivity contribution >= 4 is 43.2 Å². The van der Waals surface area contributed by atoms with Crippen LogP contribution in [-0.2, 0) is 5.41 Å². The number of thiazole rings is 1. The van der Waals surface area contributed by atoms with Crippen LogP contribution in [0.2, 0.25) is 0 Å². The molecule has 2 nitrogen and oxygen atoms in total. The van der Waals surface area contributed by atoms with E-state index >= 15 is 0 Å². The van der Waals surface area contributed by atoms with Gasteiger partial charge < -0.3 is 5.73 Å². The molecule has 15 heavy (non-hydrogen) atoms. The summed E-state index contributed by atoms with van der Waals surface area (Å²) in [5, 5.41) is 1.13. The Hall–Kier alpha value is -0.610. The number of hydrogen-bond donors (Lipinski definition) is 1. The van der Waals surface area contributed by atoms with Crippen molar-refractivity contribution in [3.8, 4) is 0 Å². The van der Waals surface area contributed by atoms with Gasteiger partial charge >= 0.3 is 0 Å². The molecule has 0 atom stereocenters. The van der Waals surface area contributed by atoms with Crippen LogP contribution in [0.3, 0.4) is 0 Å². The molecule has 80 valence electrons. The predicted molar refractivity (Wildman–Crippen MR) is 70.4 cm³/mol. The highest BCUT2D eigenvalue weighted by Crippen LogP contribution is 2.35. The van der Waals surface area contributed by atoms with E-state index in [0.29, 0.717) is 0 Å². The lowest BCUT2D eigenvalue weighted by Gasteiger charge is -2.13. The lowest BCUT2D eigenvalue weighted by molar-refractivity contribution is 0.587. The minimum atomic E-state index is 0.0859. The Kier molecular flexibility index (Phi) is 2.51. The van der Waals surface area contributed by atoms with Crippen molar-refractivity contribution in [1.82, 2.24) is 4.98 Å². The summed E-state index contributed by atoms with van der Waals surface area (Å²) < 4.78 is 2.16. The monoisotopic (exact) mass is 284 g/mol. The number of nitrogen functional groups attached to an aromatic ring is 1. The lowest BCUT2D eigenvalue weighted by atomic mass is 9.98. The van der Waals surface area contributed by atoms with Crippen LogP contribution in [0, 0.1) is 0 Å². The van der Waals surface area contributed by atoms with Crippen LogP contribution in [0.25, 0.3) is 10.2 Å². The number of halogens is 1. The third-order valence-corrected chi connectivity index (χ3v) is 4.02. The van der Waals surface area contributed by atoms with E-state index in [1.54, 1.807) is 11.3 Å². The third kappa shape index (κ3) is 2.01. The second kappa shape index (κ2) is 3.46. The first kappa shape index (κ1) is 10.9. The molecule has 0 aliphatic heterocycles. The largest absolute Gasteiger partial charge is 0.397 e. The second-order valence-corrected chi connectivity index (χ2v) is 6.56. The van der Waals surface area contributed by atoms with Gasteiger partial charge in [0.2, 0.25) is 0 Å². The molecule has 0 fully saturated rings. The zero-order valence-electron chi connectivity index (χ0n) is 8.97. The maximum Gasteiger partial charge on any atom is 0.105 e. The molecule has 2 aromatic rings. The average Bonchev–Trinajstić information content (AvgIpc) is 2.46. The Morgan fingerprint density at radius 2 is 2.00 bits per heavy atom. The third-order valence-electron chi connectivity index (χ3n) is 2.13. The molecule has 0 bridgehead atoms. The van der Waals surface area contributed by atoms with Gasteiger partial charge in [0.05, 0.1) is 15.4 Å². The number of benzene rings is 1. The number of nitrogens with two attached hydrogens (primary N) is 1. The van der Waals surface area contributed by atoms with Gasteiger partial charge in [-0.25, -0.2) is 4.98 Å². The molecule has 1 heterocycles. The van der Waals surface area contributed by atoms with Crippen LogP contribution in [0.4, 0.5) is 5.69 Å². The quantitative estimate of drug-likeness (QED) is 0.745.